The van der Waals surface area contributed by atoms with Crippen LogP contribution in [0.5, 0.6) is 5.75 Å². The maximum atomic E-state index is 11.4. The van der Waals surface area contributed by atoms with Gasteiger partial charge in [-0.05, 0) is 133 Å². The first kappa shape index (κ1) is 46.4. The van der Waals surface area contributed by atoms with E-state index >= 15 is 0 Å². The number of nitrogens with one attached hydrogen (secondary N) is 2. The highest BCUT2D eigenvalue weighted by molar-refractivity contribution is 5.93. The molecule has 0 aromatic heterocycles. The molecule has 11 nitrogen and oxygen atoms in total. The van der Waals surface area contributed by atoms with Gasteiger partial charge in [-0.2, -0.15) is 0 Å². The number of fused-ring (bicyclic) bond motifs is 3. The number of para-hydroxylation sites is 3. The van der Waals surface area contributed by atoms with E-state index in [9.17, 15) is 14.4 Å². The van der Waals surface area contributed by atoms with Gasteiger partial charge in [0.1, 0.15) is 5.75 Å². The highest BCUT2D eigenvalue weighted by Crippen LogP contribution is 2.29. The summed E-state index contributed by atoms with van der Waals surface area (Å²) in [6.07, 6.45) is 7.18. The summed E-state index contributed by atoms with van der Waals surface area (Å²) in [6.45, 7) is 4.97. The van der Waals surface area contributed by atoms with Gasteiger partial charge in [-0.1, -0.05) is 78.9 Å². The number of ether oxygens (including phenoxy) is 3. The molecular formula is C53H58N4O7. The third-order valence-corrected chi connectivity index (χ3v) is 11.3. The lowest BCUT2D eigenvalue weighted by Gasteiger charge is -2.31. The van der Waals surface area contributed by atoms with Crippen molar-refractivity contribution >= 4 is 34.9 Å². The number of benzene rings is 6. The first-order chi connectivity index (χ1) is 31.3. The van der Waals surface area contributed by atoms with Crippen molar-refractivity contribution in [3.05, 3.63) is 190 Å². The van der Waals surface area contributed by atoms with Crippen LogP contribution in [-0.4, -0.2) is 64.0 Å². The Morgan fingerprint density at radius 1 is 0.547 bits per heavy atom. The predicted molar refractivity (Wildman–Crippen MR) is 253 cm³/mol. The van der Waals surface area contributed by atoms with Gasteiger partial charge in [-0.3, -0.25) is 10.0 Å². The van der Waals surface area contributed by atoms with Gasteiger partial charge in [0.05, 0.1) is 32.5 Å². The fraction of sp³-hybridized carbons (Fsp3) is 0.264. The maximum absolute atomic E-state index is 11.4. The quantitative estimate of drug-likeness (QED) is 0.0773. The van der Waals surface area contributed by atoms with Gasteiger partial charge >= 0.3 is 11.9 Å². The standard InChI is InChI=1S/C18H19NO2.C17H18N2O2.C9H11N.C9H10O3/c1-21-18(20)16-10-8-14(9-11-16)13-19-12-4-6-15-5-2-3-7-17(15)19;20-17(18-21)15-9-7-13(8-10-15)12-19-11-3-5-14-4-1-2-6-16(14)19;1-2-6-9-8(4-1)5-3-7-10-9;1-11-8-5-3-7(4-6-8)9(10)12-2/h2-3,5,7-11H,4,6,12-13H2,1H3;1-2,4,6-10,21H,3,5,11-12H2,(H,18,20);1-2,4,6,10H,3,5,7H2;3-6H,1-2H3. The largest absolute Gasteiger partial charge is 0.497 e. The molecule has 332 valence electrons. The monoisotopic (exact) mass is 862 g/mol. The molecule has 0 unspecified atom stereocenters. The Bertz CT molecular complexity index is 2280. The number of nitrogens with zero attached hydrogens (tertiary/aromatic N) is 2. The van der Waals surface area contributed by atoms with E-state index in [2.05, 4.69) is 92.6 Å². The molecule has 3 aliphatic rings. The molecule has 0 atom stereocenters. The molecule has 0 radical (unpaired) electrons. The van der Waals surface area contributed by atoms with Crippen molar-refractivity contribution in [3.8, 4) is 5.75 Å². The summed E-state index contributed by atoms with van der Waals surface area (Å²) in [5.41, 5.74) is 13.9. The van der Waals surface area contributed by atoms with Crippen molar-refractivity contribution < 1.29 is 33.8 Å². The van der Waals surface area contributed by atoms with Gasteiger partial charge in [0, 0.05) is 55.3 Å². The van der Waals surface area contributed by atoms with Crippen LogP contribution in [0.15, 0.2) is 146 Å². The average Bonchev–Trinajstić information content (AvgIpc) is 3.37. The number of hydrogen-bond donors (Lipinski definition) is 3. The molecule has 9 rings (SSSR count). The first-order valence-electron chi connectivity index (χ1n) is 21.7. The summed E-state index contributed by atoms with van der Waals surface area (Å²) in [4.78, 5) is 38.5. The molecule has 0 saturated heterocycles. The molecule has 0 saturated carbocycles. The SMILES string of the molecule is COC(=O)c1ccc(CN2CCCc3ccccc32)cc1.COC(=O)c1ccc(OC)cc1.O=C(NO)c1ccc(CN2CCCc3ccccc32)cc1.c1ccc2c(c1)CCCN2. The van der Waals surface area contributed by atoms with Gasteiger partial charge in [-0.15, -0.1) is 0 Å². The van der Waals surface area contributed by atoms with Crippen LogP contribution >= 0.6 is 0 Å². The summed E-state index contributed by atoms with van der Waals surface area (Å²) in [6, 6.07) is 47.4. The van der Waals surface area contributed by atoms with E-state index in [4.69, 9.17) is 14.7 Å². The topological polar surface area (TPSA) is 130 Å². The maximum Gasteiger partial charge on any atom is 0.337 e. The molecule has 6 aromatic carbocycles. The number of hydroxylamine groups is 1. The fourth-order valence-electron chi connectivity index (χ4n) is 7.94. The Balaban J connectivity index is 0.000000148. The number of hydrogen-bond acceptors (Lipinski definition) is 10. The highest BCUT2D eigenvalue weighted by Gasteiger charge is 2.18. The molecule has 0 fully saturated rings. The Hall–Kier alpha value is -7.11. The van der Waals surface area contributed by atoms with Gasteiger partial charge < -0.3 is 29.3 Å². The molecule has 11 heteroatoms. The Morgan fingerprint density at radius 2 is 0.984 bits per heavy atom. The molecule has 3 heterocycles. The number of carbonyl (C=O) groups is 3. The third-order valence-electron chi connectivity index (χ3n) is 11.3. The van der Waals surface area contributed by atoms with E-state index in [1.807, 2.05) is 36.4 Å². The molecule has 1 amide bonds. The van der Waals surface area contributed by atoms with Crippen LogP contribution in [0, 0.1) is 0 Å². The molecule has 3 N–H and O–H groups in total. The lowest BCUT2D eigenvalue weighted by atomic mass is 10.0. The van der Waals surface area contributed by atoms with E-state index in [1.54, 1.807) is 49.0 Å². The number of rotatable bonds is 8. The van der Waals surface area contributed by atoms with E-state index in [0.29, 0.717) is 16.7 Å². The summed E-state index contributed by atoms with van der Waals surface area (Å²) in [7, 11) is 4.33. The van der Waals surface area contributed by atoms with Crippen LogP contribution in [-0.2, 0) is 41.8 Å². The second-order valence-corrected chi connectivity index (χ2v) is 15.5. The number of aryl methyl sites for hydroxylation is 3. The van der Waals surface area contributed by atoms with Crippen molar-refractivity contribution in [1.82, 2.24) is 5.48 Å². The number of methoxy groups -OCH3 is 3. The zero-order chi connectivity index (χ0) is 45.1. The summed E-state index contributed by atoms with van der Waals surface area (Å²) in [5, 5.41) is 12.0. The second kappa shape index (κ2) is 23.9. The van der Waals surface area contributed by atoms with Crippen LogP contribution in [0.3, 0.4) is 0 Å². The number of carbonyl (C=O) groups excluding carboxylic acids is 3. The smallest absolute Gasteiger partial charge is 0.337 e. The van der Waals surface area contributed by atoms with Crippen LogP contribution < -0.4 is 25.3 Å². The zero-order valence-corrected chi connectivity index (χ0v) is 36.9. The predicted octanol–water partition coefficient (Wildman–Crippen LogP) is 9.71. The number of esters is 2. The van der Waals surface area contributed by atoms with Gasteiger partial charge in [0.25, 0.3) is 5.91 Å². The summed E-state index contributed by atoms with van der Waals surface area (Å²) in [5.74, 6) is -0.380. The normalized spacial score (nSPS) is 13.1. The minimum Gasteiger partial charge on any atom is -0.497 e. The van der Waals surface area contributed by atoms with Crippen molar-refractivity contribution in [3.63, 3.8) is 0 Å². The first-order valence-corrected chi connectivity index (χ1v) is 21.7. The Kier molecular flexibility index (Phi) is 17.3. The Morgan fingerprint density at radius 3 is 1.45 bits per heavy atom. The molecular weight excluding hydrogens is 805 g/mol. The van der Waals surface area contributed by atoms with Crippen molar-refractivity contribution in [2.24, 2.45) is 0 Å². The Labute approximate surface area is 376 Å². The minimum atomic E-state index is -0.482. The molecule has 3 aliphatic heterocycles. The summed E-state index contributed by atoms with van der Waals surface area (Å²) < 4.78 is 14.2. The van der Waals surface area contributed by atoms with Crippen LogP contribution in [0.25, 0.3) is 0 Å². The molecule has 0 bridgehead atoms. The van der Waals surface area contributed by atoms with Crippen molar-refractivity contribution in [2.45, 2.75) is 51.6 Å². The van der Waals surface area contributed by atoms with Crippen molar-refractivity contribution in [2.75, 3.05) is 56.1 Å². The van der Waals surface area contributed by atoms with Crippen molar-refractivity contribution in [1.29, 1.82) is 0 Å². The highest BCUT2D eigenvalue weighted by atomic mass is 16.5. The van der Waals surface area contributed by atoms with Crippen LogP contribution in [0.4, 0.5) is 17.1 Å². The fourth-order valence-corrected chi connectivity index (χ4v) is 7.94. The zero-order valence-electron chi connectivity index (χ0n) is 36.9. The van der Waals surface area contributed by atoms with E-state index in [-0.39, 0.29) is 11.9 Å². The van der Waals surface area contributed by atoms with E-state index < -0.39 is 5.91 Å². The summed E-state index contributed by atoms with van der Waals surface area (Å²) >= 11 is 0. The van der Waals surface area contributed by atoms with Crippen LogP contribution in [0.1, 0.15) is 78.2 Å². The molecule has 0 spiro atoms. The second-order valence-electron chi connectivity index (χ2n) is 15.5. The van der Waals surface area contributed by atoms with Gasteiger partial charge in [-0.25, -0.2) is 15.1 Å². The van der Waals surface area contributed by atoms with Crippen LogP contribution in [0.2, 0.25) is 0 Å². The lowest BCUT2D eigenvalue weighted by molar-refractivity contribution is 0.0592. The third kappa shape index (κ3) is 13.0. The minimum absolute atomic E-state index is 0.287. The molecule has 0 aliphatic carbocycles. The average molecular weight is 863 g/mol. The van der Waals surface area contributed by atoms with E-state index in [0.717, 1.165) is 56.9 Å². The molecule has 64 heavy (non-hydrogen) atoms. The lowest BCUT2D eigenvalue weighted by Crippen LogP contribution is -2.28. The van der Waals surface area contributed by atoms with E-state index in [1.165, 1.54) is 79.2 Å². The number of anilines is 3. The molecule has 6 aromatic rings. The van der Waals surface area contributed by atoms with Gasteiger partial charge in [0.15, 0.2) is 0 Å². The number of amides is 1. The van der Waals surface area contributed by atoms with Gasteiger partial charge in [0.2, 0.25) is 0 Å².